The van der Waals surface area contributed by atoms with E-state index in [1.54, 1.807) is 18.2 Å². The van der Waals surface area contributed by atoms with E-state index < -0.39 is 9.84 Å². The predicted octanol–water partition coefficient (Wildman–Crippen LogP) is 1.28. The van der Waals surface area contributed by atoms with Gasteiger partial charge >= 0.3 is 0 Å². The SMILES string of the molecule is C=CCN(C(=O)c1cn(Cc2ccc(F)cc2)nn1)C1CCS(=O)(=O)C1. The fourth-order valence-corrected chi connectivity index (χ4v) is 4.69. The number of sulfone groups is 1. The van der Waals surface area contributed by atoms with E-state index in [-0.39, 0.29) is 41.5 Å². The summed E-state index contributed by atoms with van der Waals surface area (Å²) in [7, 11) is -3.11. The van der Waals surface area contributed by atoms with E-state index in [1.807, 2.05) is 0 Å². The Hall–Kier alpha value is -2.55. The summed E-state index contributed by atoms with van der Waals surface area (Å²) < 4.78 is 37.9. The van der Waals surface area contributed by atoms with Gasteiger partial charge in [0.05, 0.1) is 24.2 Å². The first kappa shape index (κ1) is 18.2. The van der Waals surface area contributed by atoms with Crippen molar-refractivity contribution in [2.75, 3.05) is 18.1 Å². The van der Waals surface area contributed by atoms with Crippen molar-refractivity contribution >= 4 is 15.7 Å². The Morgan fingerprint density at radius 1 is 1.38 bits per heavy atom. The minimum atomic E-state index is -3.11. The van der Waals surface area contributed by atoms with Crippen LogP contribution in [0.2, 0.25) is 0 Å². The number of nitrogens with zero attached hydrogens (tertiary/aromatic N) is 4. The van der Waals surface area contributed by atoms with Crippen molar-refractivity contribution in [2.45, 2.75) is 19.0 Å². The molecule has 0 bridgehead atoms. The van der Waals surface area contributed by atoms with Gasteiger partial charge in [-0.3, -0.25) is 4.79 Å². The number of rotatable bonds is 6. The lowest BCUT2D eigenvalue weighted by Crippen LogP contribution is -2.41. The van der Waals surface area contributed by atoms with Gasteiger partial charge in [0.25, 0.3) is 5.91 Å². The zero-order valence-electron chi connectivity index (χ0n) is 14.1. The average molecular weight is 378 g/mol. The van der Waals surface area contributed by atoms with Crippen LogP contribution < -0.4 is 0 Å². The molecule has 138 valence electrons. The number of hydrogen-bond donors (Lipinski definition) is 0. The Kier molecular flexibility index (Phi) is 5.17. The third-order valence-corrected chi connectivity index (χ3v) is 6.00. The first-order valence-corrected chi connectivity index (χ1v) is 9.97. The maximum atomic E-state index is 13.0. The van der Waals surface area contributed by atoms with Gasteiger partial charge in [-0.15, -0.1) is 11.7 Å². The maximum Gasteiger partial charge on any atom is 0.276 e. The van der Waals surface area contributed by atoms with Crippen LogP contribution in [0.5, 0.6) is 0 Å². The highest BCUT2D eigenvalue weighted by atomic mass is 32.2. The molecule has 7 nitrogen and oxygen atoms in total. The molecule has 1 saturated heterocycles. The van der Waals surface area contributed by atoms with Gasteiger partial charge in [0.1, 0.15) is 5.82 Å². The summed E-state index contributed by atoms with van der Waals surface area (Å²) in [5, 5.41) is 7.84. The summed E-state index contributed by atoms with van der Waals surface area (Å²) in [6, 6.07) is 5.58. The highest BCUT2D eigenvalue weighted by molar-refractivity contribution is 7.91. The van der Waals surface area contributed by atoms with Crippen molar-refractivity contribution in [3.8, 4) is 0 Å². The summed E-state index contributed by atoms with van der Waals surface area (Å²) in [6.07, 6.45) is 3.47. The van der Waals surface area contributed by atoms with Crippen molar-refractivity contribution in [1.29, 1.82) is 0 Å². The Bertz CT molecular complexity index is 908. The van der Waals surface area contributed by atoms with Gasteiger partial charge in [-0.05, 0) is 24.1 Å². The third kappa shape index (κ3) is 4.16. The van der Waals surface area contributed by atoms with Crippen LogP contribution >= 0.6 is 0 Å². The van der Waals surface area contributed by atoms with Crippen LogP contribution in [0.3, 0.4) is 0 Å². The first-order chi connectivity index (χ1) is 12.4. The number of hydrogen-bond acceptors (Lipinski definition) is 5. The van der Waals surface area contributed by atoms with Crippen LogP contribution in [-0.4, -0.2) is 58.3 Å². The molecule has 1 aromatic heterocycles. The summed E-state index contributed by atoms with van der Waals surface area (Å²) in [5.41, 5.74) is 0.957. The van der Waals surface area contributed by atoms with Gasteiger partial charge in [-0.25, -0.2) is 17.5 Å². The molecule has 0 spiro atoms. The van der Waals surface area contributed by atoms with Gasteiger partial charge in [-0.2, -0.15) is 0 Å². The van der Waals surface area contributed by atoms with Gasteiger partial charge in [0, 0.05) is 12.6 Å². The van der Waals surface area contributed by atoms with Crippen molar-refractivity contribution in [2.24, 2.45) is 0 Å². The Labute approximate surface area is 151 Å². The van der Waals surface area contributed by atoms with E-state index in [2.05, 4.69) is 16.9 Å². The number of halogens is 1. The minimum absolute atomic E-state index is 0.0453. The fourth-order valence-electron chi connectivity index (χ4n) is 2.96. The molecule has 1 aliphatic heterocycles. The molecule has 0 saturated carbocycles. The number of amides is 1. The first-order valence-electron chi connectivity index (χ1n) is 8.15. The zero-order valence-corrected chi connectivity index (χ0v) is 14.9. The van der Waals surface area contributed by atoms with Crippen LogP contribution in [0.15, 0.2) is 43.1 Å². The van der Waals surface area contributed by atoms with Gasteiger partial charge < -0.3 is 4.90 Å². The molecular formula is C17H19FN4O3S. The van der Waals surface area contributed by atoms with E-state index >= 15 is 0 Å². The highest BCUT2D eigenvalue weighted by Gasteiger charge is 2.35. The lowest BCUT2D eigenvalue weighted by molar-refractivity contribution is 0.0714. The summed E-state index contributed by atoms with van der Waals surface area (Å²) in [5.74, 6) is -0.668. The molecule has 3 rings (SSSR count). The highest BCUT2D eigenvalue weighted by Crippen LogP contribution is 2.19. The molecule has 2 heterocycles. The molecule has 1 fully saturated rings. The molecule has 1 aliphatic rings. The molecule has 9 heteroatoms. The standard InChI is InChI=1S/C17H19FN4O3S/c1-2-8-22(15-7-9-26(24,25)12-15)17(23)16-11-21(20-19-16)10-13-3-5-14(18)6-4-13/h2-6,11,15H,1,7-10,12H2. The van der Waals surface area contributed by atoms with E-state index in [4.69, 9.17) is 0 Å². The normalized spacial score (nSPS) is 18.6. The van der Waals surface area contributed by atoms with E-state index in [9.17, 15) is 17.6 Å². The molecule has 1 aromatic carbocycles. The molecule has 26 heavy (non-hydrogen) atoms. The summed E-state index contributed by atoms with van der Waals surface area (Å²) >= 11 is 0. The lowest BCUT2D eigenvalue weighted by Gasteiger charge is -2.25. The molecule has 0 N–H and O–H groups in total. The second-order valence-corrected chi connectivity index (χ2v) is 8.46. The second-order valence-electron chi connectivity index (χ2n) is 6.23. The quantitative estimate of drug-likeness (QED) is 0.707. The van der Waals surface area contributed by atoms with Gasteiger partial charge in [-0.1, -0.05) is 23.4 Å². The number of carbonyl (C=O) groups is 1. The molecule has 0 aliphatic carbocycles. The molecule has 0 radical (unpaired) electrons. The maximum absolute atomic E-state index is 13.0. The third-order valence-electron chi connectivity index (χ3n) is 4.25. The minimum Gasteiger partial charge on any atom is -0.329 e. The Morgan fingerprint density at radius 3 is 2.73 bits per heavy atom. The molecule has 1 unspecified atom stereocenters. The van der Waals surface area contributed by atoms with Crippen molar-refractivity contribution < 1.29 is 17.6 Å². The van der Waals surface area contributed by atoms with E-state index in [0.717, 1.165) is 5.56 Å². The van der Waals surface area contributed by atoms with Crippen molar-refractivity contribution in [1.82, 2.24) is 19.9 Å². The Morgan fingerprint density at radius 2 is 2.12 bits per heavy atom. The number of aromatic nitrogens is 3. The number of carbonyl (C=O) groups excluding carboxylic acids is 1. The van der Waals surface area contributed by atoms with Gasteiger partial charge in [0.2, 0.25) is 0 Å². The zero-order chi connectivity index (χ0) is 18.7. The van der Waals surface area contributed by atoms with Crippen molar-refractivity contribution in [3.05, 3.63) is 60.2 Å². The molecular weight excluding hydrogens is 359 g/mol. The topological polar surface area (TPSA) is 85.2 Å². The molecule has 2 aromatic rings. The number of benzene rings is 1. The average Bonchev–Trinajstić information content (AvgIpc) is 3.20. The van der Waals surface area contributed by atoms with Gasteiger partial charge in [0.15, 0.2) is 15.5 Å². The van der Waals surface area contributed by atoms with Crippen LogP contribution in [-0.2, 0) is 16.4 Å². The second kappa shape index (κ2) is 7.36. The van der Waals surface area contributed by atoms with Crippen LogP contribution in [0, 0.1) is 5.82 Å². The molecule has 1 atom stereocenters. The summed E-state index contributed by atoms with van der Waals surface area (Å²) in [6.45, 7) is 4.22. The largest absolute Gasteiger partial charge is 0.329 e. The lowest BCUT2D eigenvalue weighted by atomic mass is 10.2. The molecule has 1 amide bonds. The fraction of sp³-hybridized carbons (Fsp3) is 0.353. The van der Waals surface area contributed by atoms with Crippen LogP contribution in [0.4, 0.5) is 4.39 Å². The van der Waals surface area contributed by atoms with Crippen molar-refractivity contribution in [3.63, 3.8) is 0 Å². The monoisotopic (exact) mass is 378 g/mol. The van der Waals surface area contributed by atoms with Crippen LogP contribution in [0.1, 0.15) is 22.5 Å². The predicted molar refractivity (Wildman–Crippen MR) is 93.8 cm³/mol. The van der Waals surface area contributed by atoms with E-state index in [1.165, 1.54) is 27.9 Å². The Balaban J connectivity index is 1.74. The smallest absolute Gasteiger partial charge is 0.276 e. The van der Waals surface area contributed by atoms with Crippen LogP contribution in [0.25, 0.3) is 0 Å². The van der Waals surface area contributed by atoms with E-state index in [0.29, 0.717) is 13.0 Å². The summed E-state index contributed by atoms with van der Waals surface area (Å²) in [4.78, 5) is 14.2.